The summed E-state index contributed by atoms with van der Waals surface area (Å²) in [5.41, 5.74) is -0.0654. The summed E-state index contributed by atoms with van der Waals surface area (Å²) in [6, 6.07) is 18.2. The second kappa shape index (κ2) is 11.2. The molecule has 0 amide bonds. The van der Waals surface area contributed by atoms with Crippen LogP contribution in [0.1, 0.15) is 21.5 Å². The van der Waals surface area contributed by atoms with E-state index in [4.69, 9.17) is 0 Å². The first kappa shape index (κ1) is 24.6. The van der Waals surface area contributed by atoms with Crippen molar-refractivity contribution in [2.75, 3.05) is 6.54 Å². The molecule has 0 aliphatic heterocycles. The zero-order valence-corrected chi connectivity index (χ0v) is 17.8. The Bertz CT molecular complexity index is 1170. The quantitative estimate of drug-likeness (QED) is 0.0607. The van der Waals surface area contributed by atoms with Gasteiger partial charge in [-0.05, 0) is 11.1 Å². The Morgan fingerprint density at radius 1 is 0.824 bits per heavy atom. The number of oxime groups is 1. The van der Waals surface area contributed by atoms with E-state index in [1.54, 1.807) is 41.3 Å². The van der Waals surface area contributed by atoms with E-state index in [0.29, 0.717) is 6.54 Å². The molecule has 0 N–H and O–H groups in total. The molecule has 9 heteroatoms. The Hall–Kier alpha value is -4.01. The molecule has 0 aliphatic rings. The SMILES string of the molecule is C=CCN(Cc1ccccc1)/C(Cc1ccccc1)=N/OC(=O)c1c(F)c(F)c(F)c(F)c1F. The molecule has 0 fully saturated rings. The monoisotopic (exact) mass is 474 g/mol. The molecule has 0 unspecified atom stereocenters. The van der Waals surface area contributed by atoms with Gasteiger partial charge in [0.05, 0.1) is 0 Å². The Morgan fingerprint density at radius 2 is 1.32 bits per heavy atom. The van der Waals surface area contributed by atoms with Crippen molar-refractivity contribution in [2.45, 2.75) is 13.0 Å². The number of amidine groups is 1. The van der Waals surface area contributed by atoms with Crippen LogP contribution in [0.2, 0.25) is 0 Å². The fourth-order valence-electron chi connectivity index (χ4n) is 3.12. The maximum absolute atomic E-state index is 14.0. The number of rotatable bonds is 8. The van der Waals surface area contributed by atoms with Crippen molar-refractivity contribution >= 4 is 11.8 Å². The molecule has 0 aromatic heterocycles. The van der Waals surface area contributed by atoms with E-state index in [-0.39, 0.29) is 18.8 Å². The van der Waals surface area contributed by atoms with Crippen LogP contribution in [0.4, 0.5) is 22.0 Å². The van der Waals surface area contributed by atoms with E-state index in [2.05, 4.69) is 16.6 Å². The lowest BCUT2D eigenvalue weighted by Crippen LogP contribution is -2.33. The van der Waals surface area contributed by atoms with Crippen molar-refractivity contribution in [3.8, 4) is 0 Å². The summed E-state index contributed by atoms with van der Waals surface area (Å²) in [6.07, 6.45) is 1.72. The van der Waals surface area contributed by atoms with Gasteiger partial charge in [0.1, 0.15) is 11.4 Å². The summed E-state index contributed by atoms with van der Waals surface area (Å²) in [5.74, 6) is -13.1. The van der Waals surface area contributed by atoms with Crippen molar-refractivity contribution in [1.82, 2.24) is 4.90 Å². The van der Waals surface area contributed by atoms with Gasteiger partial charge in [0.15, 0.2) is 23.3 Å². The second-order valence-electron chi connectivity index (χ2n) is 7.15. The summed E-state index contributed by atoms with van der Waals surface area (Å²) in [5, 5.41) is 3.75. The van der Waals surface area contributed by atoms with E-state index >= 15 is 0 Å². The predicted octanol–water partition coefficient (Wildman–Crippen LogP) is 5.78. The lowest BCUT2D eigenvalue weighted by Gasteiger charge is -2.24. The Labute approximate surface area is 192 Å². The number of carbonyl (C=O) groups is 1. The van der Waals surface area contributed by atoms with Crippen LogP contribution in [0.15, 0.2) is 78.5 Å². The van der Waals surface area contributed by atoms with Crippen LogP contribution in [-0.2, 0) is 17.8 Å². The van der Waals surface area contributed by atoms with Crippen LogP contribution >= 0.6 is 0 Å². The van der Waals surface area contributed by atoms with E-state index in [1.807, 2.05) is 30.3 Å². The number of carbonyl (C=O) groups excluding carboxylic acids is 1. The largest absolute Gasteiger partial charge is 0.371 e. The summed E-state index contributed by atoms with van der Waals surface area (Å²) in [4.78, 5) is 18.7. The molecule has 3 aromatic carbocycles. The summed E-state index contributed by atoms with van der Waals surface area (Å²) in [7, 11) is 0. The molecular weight excluding hydrogens is 455 g/mol. The third-order valence-corrected chi connectivity index (χ3v) is 4.78. The van der Waals surface area contributed by atoms with E-state index < -0.39 is 40.6 Å². The van der Waals surface area contributed by atoms with Gasteiger partial charge in [0.2, 0.25) is 5.82 Å². The van der Waals surface area contributed by atoms with Crippen LogP contribution in [0.25, 0.3) is 0 Å². The third-order valence-electron chi connectivity index (χ3n) is 4.78. The minimum Gasteiger partial charge on any atom is -0.349 e. The van der Waals surface area contributed by atoms with Gasteiger partial charge in [-0.3, -0.25) is 0 Å². The van der Waals surface area contributed by atoms with Gasteiger partial charge in [-0.1, -0.05) is 71.9 Å². The first-order valence-electron chi connectivity index (χ1n) is 10.1. The highest BCUT2D eigenvalue weighted by molar-refractivity contribution is 5.91. The summed E-state index contributed by atoms with van der Waals surface area (Å²) in [6.45, 7) is 4.29. The Balaban J connectivity index is 1.96. The minimum atomic E-state index is -2.38. The number of hydrogen-bond donors (Lipinski definition) is 0. The van der Waals surface area contributed by atoms with Crippen LogP contribution in [0.5, 0.6) is 0 Å². The Kier molecular flexibility index (Phi) is 8.13. The normalized spacial score (nSPS) is 11.3. The molecule has 0 aliphatic carbocycles. The van der Waals surface area contributed by atoms with Crippen LogP contribution in [0.3, 0.4) is 0 Å². The maximum atomic E-state index is 14.0. The van der Waals surface area contributed by atoms with Gasteiger partial charge < -0.3 is 9.74 Å². The predicted molar refractivity (Wildman–Crippen MR) is 116 cm³/mol. The van der Waals surface area contributed by atoms with Crippen molar-refractivity contribution in [3.63, 3.8) is 0 Å². The number of hydrogen-bond acceptors (Lipinski definition) is 3. The summed E-state index contributed by atoms with van der Waals surface area (Å²) >= 11 is 0. The van der Waals surface area contributed by atoms with E-state index in [1.165, 1.54) is 0 Å². The van der Waals surface area contributed by atoms with Gasteiger partial charge in [0, 0.05) is 19.5 Å². The van der Waals surface area contributed by atoms with Crippen LogP contribution in [-0.4, -0.2) is 23.2 Å². The van der Waals surface area contributed by atoms with Crippen molar-refractivity contribution in [2.24, 2.45) is 5.16 Å². The number of halogens is 5. The maximum Gasteiger partial charge on any atom is 0.371 e. The molecule has 0 atom stereocenters. The fraction of sp³-hybridized carbons (Fsp3) is 0.120. The van der Waals surface area contributed by atoms with Crippen LogP contribution in [0, 0.1) is 29.1 Å². The van der Waals surface area contributed by atoms with Gasteiger partial charge in [-0.15, -0.1) is 6.58 Å². The van der Waals surface area contributed by atoms with E-state index in [9.17, 15) is 26.7 Å². The highest BCUT2D eigenvalue weighted by Crippen LogP contribution is 2.24. The Morgan fingerprint density at radius 3 is 1.85 bits per heavy atom. The lowest BCUT2D eigenvalue weighted by molar-refractivity contribution is 0.0493. The second-order valence-corrected chi connectivity index (χ2v) is 7.15. The zero-order valence-electron chi connectivity index (χ0n) is 17.8. The van der Waals surface area contributed by atoms with Crippen molar-refractivity contribution in [3.05, 3.63) is 119 Å². The topological polar surface area (TPSA) is 41.9 Å². The molecule has 0 spiro atoms. The molecule has 0 heterocycles. The molecule has 0 saturated heterocycles. The smallest absolute Gasteiger partial charge is 0.349 e. The molecule has 34 heavy (non-hydrogen) atoms. The standard InChI is InChI=1S/C25H19F5N2O2/c1-2-13-32(15-17-11-7-4-8-12-17)18(14-16-9-5-3-6-10-16)31-34-25(33)19-20(26)22(28)24(30)23(29)21(19)27/h2-12H,1,13-15H2/b31-18+. The first-order chi connectivity index (χ1) is 16.3. The van der Waals surface area contributed by atoms with Crippen LogP contribution < -0.4 is 0 Å². The van der Waals surface area contributed by atoms with E-state index in [0.717, 1.165) is 11.1 Å². The molecule has 3 rings (SSSR count). The molecule has 176 valence electrons. The minimum absolute atomic E-state index is 0.145. The van der Waals surface area contributed by atoms with Gasteiger partial charge in [-0.25, -0.2) is 26.7 Å². The third kappa shape index (κ3) is 5.67. The average molecular weight is 474 g/mol. The number of benzene rings is 3. The van der Waals surface area contributed by atoms with Gasteiger partial charge >= 0.3 is 5.97 Å². The fourth-order valence-corrected chi connectivity index (χ4v) is 3.12. The molecule has 0 bridgehead atoms. The average Bonchev–Trinajstić information content (AvgIpc) is 2.85. The highest BCUT2D eigenvalue weighted by Gasteiger charge is 2.31. The molecule has 3 aromatic rings. The van der Waals surface area contributed by atoms with Crippen molar-refractivity contribution < 1.29 is 31.6 Å². The lowest BCUT2D eigenvalue weighted by atomic mass is 10.1. The number of nitrogens with zero attached hydrogens (tertiary/aromatic N) is 2. The zero-order chi connectivity index (χ0) is 24.7. The molecule has 0 saturated carbocycles. The molecule has 0 radical (unpaired) electrons. The highest BCUT2D eigenvalue weighted by atomic mass is 19.2. The van der Waals surface area contributed by atoms with Crippen molar-refractivity contribution in [1.29, 1.82) is 0 Å². The van der Waals surface area contributed by atoms with Gasteiger partial charge in [-0.2, -0.15) is 0 Å². The van der Waals surface area contributed by atoms with Gasteiger partial charge in [0.25, 0.3) is 0 Å². The molecule has 4 nitrogen and oxygen atoms in total. The first-order valence-corrected chi connectivity index (χ1v) is 10.1. The molecular formula is C25H19F5N2O2. The summed E-state index contributed by atoms with van der Waals surface area (Å²) < 4.78 is 68.3.